The molecule has 1 rings (SSSR count). The Balaban J connectivity index is 0.000000640. The van der Waals surface area contributed by atoms with Crippen LogP contribution in [0.2, 0.25) is 10.4 Å². The number of hydrogen-bond acceptors (Lipinski definition) is 2. The second-order valence-electron chi connectivity index (χ2n) is 1.07. The molecule has 0 fully saturated rings. The van der Waals surface area contributed by atoms with Gasteiger partial charge in [-0.05, 0) is 16.8 Å². The van der Waals surface area contributed by atoms with E-state index < -0.39 is 0 Å². The van der Waals surface area contributed by atoms with Crippen molar-refractivity contribution in [3.63, 3.8) is 0 Å². The zero-order valence-corrected chi connectivity index (χ0v) is 6.24. The van der Waals surface area contributed by atoms with E-state index in [0.29, 0.717) is 0 Å². The summed E-state index contributed by atoms with van der Waals surface area (Å²) in [6.45, 7) is 0. The van der Waals surface area contributed by atoms with Crippen LogP contribution in [0.15, 0.2) is 6.20 Å². The molecular formula is C4HCl2LiN2. The Kier molecular flexibility index (Phi) is 4.25. The molecule has 1 aromatic heterocycles. The van der Waals surface area contributed by atoms with Gasteiger partial charge in [0, 0.05) is 0 Å². The Labute approximate surface area is 74.8 Å². The molecule has 5 heteroatoms. The standard InChI is InChI=1S/C4HCl2N2.Li/c5-3-1-2-7-4(6)8-3;/h2H;/q-1;+1. The van der Waals surface area contributed by atoms with Crippen molar-refractivity contribution in [2.75, 3.05) is 0 Å². The fraction of sp³-hybridized carbons (Fsp3) is 0. The van der Waals surface area contributed by atoms with E-state index >= 15 is 0 Å². The van der Waals surface area contributed by atoms with Gasteiger partial charge in [0.2, 0.25) is 5.28 Å². The average Bonchev–Trinajstić information content (AvgIpc) is 1.64. The zero-order chi connectivity index (χ0) is 5.98. The molecule has 0 radical (unpaired) electrons. The number of hydrogen-bond donors (Lipinski definition) is 0. The van der Waals surface area contributed by atoms with Gasteiger partial charge in [0.25, 0.3) is 0 Å². The van der Waals surface area contributed by atoms with Crippen molar-refractivity contribution in [1.29, 1.82) is 0 Å². The van der Waals surface area contributed by atoms with Crippen molar-refractivity contribution in [2.45, 2.75) is 0 Å². The SMILES string of the molecule is Clc1[c-]cnc(Cl)n1.[Li+]. The molecule has 0 amide bonds. The maximum absolute atomic E-state index is 5.35. The van der Waals surface area contributed by atoms with Crippen molar-refractivity contribution < 1.29 is 18.9 Å². The van der Waals surface area contributed by atoms with Crippen molar-refractivity contribution in [3.8, 4) is 0 Å². The number of rotatable bonds is 0. The molecule has 0 N–H and O–H groups in total. The van der Waals surface area contributed by atoms with Gasteiger partial charge in [0.1, 0.15) is 0 Å². The normalized spacial score (nSPS) is 8.22. The summed E-state index contributed by atoms with van der Waals surface area (Å²) in [5.41, 5.74) is 0. The molecule has 1 heterocycles. The molecule has 0 unspecified atom stereocenters. The summed E-state index contributed by atoms with van der Waals surface area (Å²) in [4.78, 5) is 7.09. The summed E-state index contributed by atoms with van der Waals surface area (Å²) in [7, 11) is 0. The minimum Gasteiger partial charge on any atom is -0.413 e. The maximum Gasteiger partial charge on any atom is 1.00 e. The number of halogens is 2. The summed E-state index contributed by atoms with van der Waals surface area (Å²) >= 11 is 10.7. The monoisotopic (exact) mass is 154 g/mol. The van der Waals surface area contributed by atoms with Crippen molar-refractivity contribution in [2.24, 2.45) is 0 Å². The number of aromatic nitrogens is 2. The van der Waals surface area contributed by atoms with Crippen LogP contribution in [0.4, 0.5) is 0 Å². The van der Waals surface area contributed by atoms with Gasteiger partial charge in [-0.15, -0.1) is 17.8 Å². The molecule has 0 atom stereocenters. The van der Waals surface area contributed by atoms with E-state index in [0.717, 1.165) is 0 Å². The molecule has 0 saturated carbocycles. The van der Waals surface area contributed by atoms with E-state index in [1.54, 1.807) is 0 Å². The van der Waals surface area contributed by atoms with E-state index in [1.165, 1.54) is 6.20 Å². The van der Waals surface area contributed by atoms with E-state index in [2.05, 4.69) is 16.0 Å². The van der Waals surface area contributed by atoms with Crippen molar-refractivity contribution in [3.05, 3.63) is 22.7 Å². The van der Waals surface area contributed by atoms with Crippen LogP contribution in [0.1, 0.15) is 0 Å². The fourth-order valence-corrected chi connectivity index (χ4v) is 0.586. The molecule has 0 spiro atoms. The minimum atomic E-state index is 0. The molecular weight excluding hydrogens is 154 g/mol. The van der Waals surface area contributed by atoms with Gasteiger partial charge in [-0.2, -0.15) is 0 Å². The van der Waals surface area contributed by atoms with Crippen molar-refractivity contribution in [1.82, 2.24) is 9.97 Å². The first-order valence-corrected chi connectivity index (χ1v) is 2.60. The molecule has 42 valence electrons. The van der Waals surface area contributed by atoms with Crippen LogP contribution in [0.25, 0.3) is 0 Å². The largest absolute Gasteiger partial charge is 1.00 e. The Hall–Kier alpha value is 0.257. The van der Waals surface area contributed by atoms with Gasteiger partial charge >= 0.3 is 18.9 Å². The van der Waals surface area contributed by atoms with Crippen molar-refractivity contribution >= 4 is 23.2 Å². The third-order valence-corrected chi connectivity index (χ3v) is 0.921. The molecule has 2 nitrogen and oxygen atoms in total. The van der Waals surface area contributed by atoms with E-state index in [-0.39, 0.29) is 29.3 Å². The molecule has 9 heavy (non-hydrogen) atoms. The Bertz CT molecular complexity index is 176. The first kappa shape index (κ1) is 9.26. The average molecular weight is 155 g/mol. The van der Waals surface area contributed by atoms with Gasteiger partial charge in [-0.1, -0.05) is 0 Å². The molecule has 0 aliphatic heterocycles. The molecule has 1 aromatic rings. The first-order chi connectivity index (χ1) is 3.79. The number of nitrogens with zero attached hydrogens (tertiary/aromatic N) is 2. The van der Waals surface area contributed by atoms with Gasteiger partial charge in [-0.25, -0.2) is 4.98 Å². The summed E-state index contributed by atoms with van der Waals surface area (Å²) in [5, 5.41) is 0.388. The van der Waals surface area contributed by atoms with Crippen LogP contribution < -0.4 is 18.9 Å². The van der Waals surface area contributed by atoms with Crippen LogP contribution in [0.5, 0.6) is 0 Å². The van der Waals surface area contributed by atoms with Gasteiger partial charge < -0.3 is 6.07 Å². The van der Waals surface area contributed by atoms with Crippen LogP contribution >= 0.6 is 23.2 Å². The first-order valence-electron chi connectivity index (χ1n) is 1.85. The van der Waals surface area contributed by atoms with Gasteiger partial charge in [0.15, 0.2) is 0 Å². The smallest absolute Gasteiger partial charge is 0.413 e. The summed E-state index contributed by atoms with van der Waals surface area (Å²) in [6.07, 6.45) is 1.37. The topological polar surface area (TPSA) is 25.8 Å². The maximum atomic E-state index is 5.35. The Morgan fingerprint density at radius 3 is 2.44 bits per heavy atom. The van der Waals surface area contributed by atoms with E-state index in [1.807, 2.05) is 0 Å². The van der Waals surface area contributed by atoms with Crippen LogP contribution in [-0.2, 0) is 0 Å². The quantitative estimate of drug-likeness (QED) is 0.199. The molecule has 0 aliphatic rings. The summed E-state index contributed by atoms with van der Waals surface area (Å²) < 4.78 is 0. The molecule has 0 aliphatic carbocycles. The molecule has 0 saturated heterocycles. The van der Waals surface area contributed by atoms with Gasteiger partial charge in [0.05, 0.1) is 0 Å². The predicted octanol–water partition coefficient (Wildman–Crippen LogP) is -1.41. The Morgan fingerprint density at radius 2 is 2.11 bits per heavy atom. The summed E-state index contributed by atoms with van der Waals surface area (Å²) in [5.74, 6) is 0. The molecule has 0 bridgehead atoms. The summed E-state index contributed by atoms with van der Waals surface area (Å²) in [6, 6.07) is 2.53. The second-order valence-corrected chi connectivity index (χ2v) is 1.77. The third-order valence-electron chi connectivity index (χ3n) is 0.545. The fourth-order valence-electron chi connectivity index (χ4n) is 0.281. The minimum absolute atomic E-state index is 0. The van der Waals surface area contributed by atoms with Crippen LogP contribution in [0.3, 0.4) is 0 Å². The predicted molar refractivity (Wildman–Crippen MR) is 30.9 cm³/mol. The second kappa shape index (κ2) is 4.13. The third kappa shape index (κ3) is 3.07. The van der Waals surface area contributed by atoms with E-state index in [4.69, 9.17) is 23.2 Å². The van der Waals surface area contributed by atoms with Crippen LogP contribution in [0, 0.1) is 6.07 Å². The van der Waals surface area contributed by atoms with E-state index in [9.17, 15) is 0 Å². The zero-order valence-electron chi connectivity index (χ0n) is 4.73. The van der Waals surface area contributed by atoms with Gasteiger partial charge in [-0.3, -0.25) is 4.98 Å². The molecule has 0 aromatic carbocycles. The Morgan fingerprint density at radius 1 is 1.44 bits per heavy atom. The van der Waals surface area contributed by atoms with Crippen LogP contribution in [-0.4, -0.2) is 9.97 Å².